The zero-order chi connectivity index (χ0) is 13.0. The lowest BCUT2D eigenvalue weighted by Crippen LogP contribution is -2.36. The lowest BCUT2D eigenvalue weighted by atomic mass is 10.0. The average molecular weight is 256 g/mol. The summed E-state index contributed by atoms with van der Waals surface area (Å²) in [7, 11) is 0. The van der Waals surface area contributed by atoms with Crippen molar-refractivity contribution in [3.63, 3.8) is 0 Å². The van der Waals surface area contributed by atoms with Crippen molar-refractivity contribution < 1.29 is 4.79 Å². The van der Waals surface area contributed by atoms with E-state index in [2.05, 4.69) is 10.3 Å². The third-order valence-corrected chi connectivity index (χ3v) is 2.71. The Bertz CT molecular complexity index is 386. The Hall–Kier alpha value is -1.13. The van der Waals surface area contributed by atoms with Gasteiger partial charge < -0.3 is 11.1 Å². The van der Waals surface area contributed by atoms with Gasteiger partial charge in [0.1, 0.15) is 0 Å². The Morgan fingerprint density at radius 2 is 2.24 bits per heavy atom. The van der Waals surface area contributed by atoms with E-state index < -0.39 is 6.04 Å². The SMILES string of the molecule is Cc1ccnc(Cl)c1NC(=O)C(N)CC(C)C. The maximum Gasteiger partial charge on any atom is 0.241 e. The molecule has 1 atom stereocenters. The number of anilines is 1. The predicted molar refractivity (Wildman–Crippen MR) is 70.0 cm³/mol. The molecule has 1 amide bonds. The van der Waals surface area contributed by atoms with Crippen LogP contribution in [-0.2, 0) is 4.79 Å². The Morgan fingerprint density at radius 3 is 2.76 bits per heavy atom. The number of aryl methyl sites for hydroxylation is 1. The molecule has 0 saturated carbocycles. The molecule has 0 aliphatic carbocycles. The topological polar surface area (TPSA) is 68.0 Å². The lowest BCUT2D eigenvalue weighted by molar-refractivity contribution is -0.117. The van der Waals surface area contributed by atoms with Gasteiger partial charge in [0.2, 0.25) is 5.91 Å². The first-order chi connectivity index (χ1) is 7.91. The van der Waals surface area contributed by atoms with Crippen LogP contribution < -0.4 is 11.1 Å². The highest BCUT2D eigenvalue weighted by Gasteiger charge is 2.17. The van der Waals surface area contributed by atoms with Crippen LogP contribution in [0.4, 0.5) is 5.69 Å². The van der Waals surface area contributed by atoms with Crippen molar-refractivity contribution in [2.24, 2.45) is 11.7 Å². The van der Waals surface area contributed by atoms with Crippen molar-refractivity contribution in [3.05, 3.63) is 23.0 Å². The molecule has 0 bridgehead atoms. The summed E-state index contributed by atoms with van der Waals surface area (Å²) in [5, 5.41) is 3.01. The Labute approximate surface area is 107 Å². The number of carbonyl (C=O) groups excluding carboxylic acids is 1. The highest BCUT2D eigenvalue weighted by molar-refractivity contribution is 6.32. The van der Waals surface area contributed by atoms with E-state index in [0.717, 1.165) is 5.56 Å². The van der Waals surface area contributed by atoms with E-state index in [1.165, 1.54) is 0 Å². The van der Waals surface area contributed by atoms with E-state index in [1.807, 2.05) is 20.8 Å². The summed E-state index contributed by atoms with van der Waals surface area (Å²) in [5.41, 5.74) is 7.20. The van der Waals surface area contributed by atoms with Crippen LogP contribution in [0.3, 0.4) is 0 Å². The molecule has 0 fully saturated rings. The summed E-state index contributed by atoms with van der Waals surface area (Å²) in [4.78, 5) is 15.8. The van der Waals surface area contributed by atoms with E-state index >= 15 is 0 Å². The Balaban J connectivity index is 2.74. The molecule has 1 aromatic rings. The van der Waals surface area contributed by atoms with Gasteiger partial charge in [0.25, 0.3) is 0 Å². The van der Waals surface area contributed by atoms with Gasteiger partial charge in [-0.3, -0.25) is 4.79 Å². The zero-order valence-corrected chi connectivity index (χ0v) is 11.1. The van der Waals surface area contributed by atoms with Crippen LogP contribution in [0.5, 0.6) is 0 Å². The second kappa shape index (κ2) is 5.98. The number of hydrogen-bond acceptors (Lipinski definition) is 3. The predicted octanol–water partition coefficient (Wildman–Crippen LogP) is 2.36. The summed E-state index contributed by atoms with van der Waals surface area (Å²) in [6.45, 7) is 5.90. The van der Waals surface area contributed by atoms with E-state index in [9.17, 15) is 4.79 Å². The maximum absolute atomic E-state index is 11.8. The molecular formula is C12H18ClN3O. The minimum absolute atomic E-state index is 0.225. The maximum atomic E-state index is 11.8. The van der Waals surface area contributed by atoms with Gasteiger partial charge in [0.15, 0.2) is 5.15 Å². The molecule has 0 aliphatic heterocycles. The molecule has 0 aromatic carbocycles. The summed E-state index contributed by atoms with van der Waals surface area (Å²) in [6.07, 6.45) is 2.24. The number of hydrogen-bond donors (Lipinski definition) is 2. The third kappa shape index (κ3) is 3.98. The smallest absolute Gasteiger partial charge is 0.241 e. The van der Waals surface area contributed by atoms with Crippen molar-refractivity contribution in [3.8, 4) is 0 Å². The number of aromatic nitrogens is 1. The first-order valence-electron chi connectivity index (χ1n) is 5.59. The van der Waals surface area contributed by atoms with E-state index in [-0.39, 0.29) is 11.1 Å². The molecule has 17 heavy (non-hydrogen) atoms. The Morgan fingerprint density at radius 1 is 1.59 bits per heavy atom. The van der Waals surface area contributed by atoms with E-state index in [1.54, 1.807) is 12.3 Å². The number of nitrogens with zero attached hydrogens (tertiary/aromatic N) is 1. The fraction of sp³-hybridized carbons (Fsp3) is 0.500. The number of pyridine rings is 1. The molecule has 1 unspecified atom stereocenters. The lowest BCUT2D eigenvalue weighted by Gasteiger charge is -2.15. The first-order valence-corrected chi connectivity index (χ1v) is 5.97. The normalized spacial score (nSPS) is 12.6. The molecule has 0 radical (unpaired) electrons. The van der Waals surface area contributed by atoms with E-state index in [0.29, 0.717) is 18.0 Å². The number of amides is 1. The number of halogens is 1. The molecular weight excluding hydrogens is 238 g/mol. The Kier molecular flexibility index (Phi) is 4.90. The van der Waals surface area contributed by atoms with Gasteiger partial charge in [-0.1, -0.05) is 25.4 Å². The van der Waals surface area contributed by atoms with Gasteiger partial charge in [0, 0.05) is 6.20 Å². The summed E-state index contributed by atoms with van der Waals surface area (Å²) in [5.74, 6) is 0.151. The quantitative estimate of drug-likeness (QED) is 0.812. The minimum Gasteiger partial charge on any atom is -0.322 e. The van der Waals surface area contributed by atoms with Crippen LogP contribution in [0, 0.1) is 12.8 Å². The zero-order valence-electron chi connectivity index (χ0n) is 10.3. The fourth-order valence-electron chi connectivity index (χ4n) is 1.51. The van der Waals surface area contributed by atoms with Crippen LogP contribution in [-0.4, -0.2) is 16.9 Å². The van der Waals surface area contributed by atoms with Crippen LogP contribution in [0.25, 0.3) is 0 Å². The number of carbonyl (C=O) groups is 1. The van der Waals surface area contributed by atoms with Crippen LogP contribution in [0.15, 0.2) is 12.3 Å². The van der Waals surface area contributed by atoms with Gasteiger partial charge in [0.05, 0.1) is 11.7 Å². The van der Waals surface area contributed by atoms with Crippen LogP contribution in [0.2, 0.25) is 5.15 Å². The largest absolute Gasteiger partial charge is 0.322 e. The molecule has 1 heterocycles. The van der Waals surface area contributed by atoms with Crippen molar-refractivity contribution in [1.29, 1.82) is 0 Å². The second-order valence-electron chi connectivity index (χ2n) is 4.52. The molecule has 0 aliphatic rings. The van der Waals surface area contributed by atoms with Crippen LogP contribution in [0.1, 0.15) is 25.8 Å². The second-order valence-corrected chi connectivity index (χ2v) is 4.88. The third-order valence-electron chi connectivity index (χ3n) is 2.42. The number of nitrogens with two attached hydrogens (primary N) is 1. The van der Waals surface area contributed by atoms with E-state index in [4.69, 9.17) is 17.3 Å². The first kappa shape index (κ1) is 13.9. The molecule has 5 heteroatoms. The highest BCUT2D eigenvalue weighted by Crippen LogP contribution is 2.22. The molecule has 1 aromatic heterocycles. The minimum atomic E-state index is -0.523. The summed E-state index contributed by atoms with van der Waals surface area (Å²) >= 11 is 5.92. The fourth-order valence-corrected chi connectivity index (χ4v) is 1.76. The van der Waals surface area contributed by atoms with Crippen LogP contribution >= 0.6 is 11.6 Å². The molecule has 0 saturated heterocycles. The highest BCUT2D eigenvalue weighted by atomic mass is 35.5. The van der Waals surface area contributed by atoms with Crippen molar-refractivity contribution >= 4 is 23.2 Å². The van der Waals surface area contributed by atoms with Gasteiger partial charge in [-0.2, -0.15) is 0 Å². The number of rotatable bonds is 4. The van der Waals surface area contributed by atoms with Gasteiger partial charge in [-0.05, 0) is 30.9 Å². The molecule has 4 nitrogen and oxygen atoms in total. The van der Waals surface area contributed by atoms with Crippen molar-refractivity contribution in [2.45, 2.75) is 33.2 Å². The standard InChI is InChI=1S/C12H18ClN3O/c1-7(2)6-9(14)12(17)16-10-8(3)4-5-15-11(10)13/h4-5,7,9H,6,14H2,1-3H3,(H,16,17). The van der Waals surface area contributed by atoms with Gasteiger partial charge in [-0.15, -0.1) is 0 Å². The molecule has 3 N–H and O–H groups in total. The van der Waals surface area contributed by atoms with Gasteiger partial charge >= 0.3 is 0 Å². The van der Waals surface area contributed by atoms with Crippen molar-refractivity contribution in [1.82, 2.24) is 4.98 Å². The van der Waals surface area contributed by atoms with Crippen molar-refractivity contribution in [2.75, 3.05) is 5.32 Å². The monoisotopic (exact) mass is 255 g/mol. The summed E-state index contributed by atoms with van der Waals surface area (Å²) in [6, 6.07) is 1.26. The summed E-state index contributed by atoms with van der Waals surface area (Å²) < 4.78 is 0. The molecule has 1 rings (SSSR count). The average Bonchev–Trinajstić information content (AvgIpc) is 2.22. The number of nitrogens with one attached hydrogen (secondary N) is 1. The molecule has 94 valence electrons. The van der Waals surface area contributed by atoms with Gasteiger partial charge in [-0.25, -0.2) is 4.98 Å². The molecule has 0 spiro atoms.